The van der Waals surface area contributed by atoms with E-state index in [0.29, 0.717) is 12.2 Å². The van der Waals surface area contributed by atoms with E-state index in [1.54, 1.807) is 26.2 Å². The van der Waals surface area contributed by atoms with Gasteiger partial charge in [0.05, 0.1) is 24.0 Å². The van der Waals surface area contributed by atoms with E-state index in [2.05, 4.69) is 15.3 Å². The number of hydrogen-bond donors (Lipinski definition) is 3. The summed E-state index contributed by atoms with van der Waals surface area (Å²) in [6.07, 6.45) is 3.25. The van der Waals surface area contributed by atoms with Gasteiger partial charge in [-0.3, -0.25) is 19.5 Å². The van der Waals surface area contributed by atoms with Gasteiger partial charge in [-0.05, 0) is 57.7 Å². The first-order chi connectivity index (χ1) is 17.0. The van der Waals surface area contributed by atoms with Crippen LogP contribution < -0.4 is 15.8 Å². The van der Waals surface area contributed by atoms with E-state index in [1.165, 1.54) is 4.90 Å². The first-order valence-electron chi connectivity index (χ1n) is 12.3. The molecule has 0 spiro atoms. The second-order valence-electron chi connectivity index (χ2n) is 11.1. The van der Waals surface area contributed by atoms with E-state index < -0.39 is 29.3 Å². The van der Waals surface area contributed by atoms with Gasteiger partial charge in [0.15, 0.2) is 5.96 Å². The lowest BCUT2D eigenvalue weighted by atomic mass is 9.86. The molecule has 5 atom stereocenters. The van der Waals surface area contributed by atoms with E-state index in [4.69, 9.17) is 10.5 Å². The number of aliphatic hydroxyl groups excluding tert-OH is 1. The normalized spacial score (nSPS) is 28.9. The second kappa shape index (κ2) is 8.58. The van der Waals surface area contributed by atoms with E-state index >= 15 is 0 Å². The number of nitrogens with zero attached hydrogens (tertiary/aromatic N) is 3. The monoisotopic (exact) mass is 491 g/mol. The first kappa shape index (κ1) is 24.2. The number of rotatable bonds is 5. The van der Waals surface area contributed by atoms with Gasteiger partial charge in [0.2, 0.25) is 11.8 Å². The van der Waals surface area contributed by atoms with Gasteiger partial charge in [0.1, 0.15) is 17.5 Å². The van der Waals surface area contributed by atoms with Crippen molar-refractivity contribution in [2.75, 3.05) is 0 Å². The van der Waals surface area contributed by atoms with Crippen LogP contribution in [0.25, 0.3) is 0 Å². The van der Waals surface area contributed by atoms with Crippen LogP contribution >= 0.6 is 0 Å². The van der Waals surface area contributed by atoms with Gasteiger partial charge in [-0.1, -0.05) is 24.3 Å². The molecule has 1 aliphatic carbocycles. The Labute approximate surface area is 210 Å². The number of nitrogens with two attached hydrogens (primary N) is 1. The molecule has 0 unspecified atom stereocenters. The molecule has 3 heterocycles. The highest BCUT2D eigenvalue weighted by molar-refractivity contribution is 5.99. The standard InChI is InChI=1S/C27H33N5O4/c1-26(2)13-20(33)32(25(28)31-26)22(15-8-7-11-29-14-15)17-12-18(17)24(35)30-21-16-9-5-6-10-19(16)36-27(3,4)23(21)34/h5-11,14,17-18,21-23,34H,12-13H2,1-4H3,(H2,28,31)(H,30,35)/t17-,18-,21-,22-,23+/m1/s1. The van der Waals surface area contributed by atoms with Gasteiger partial charge >= 0.3 is 0 Å². The molecule has 1 fully saturated rings. The summed E-state index contributed by atoms with van der Waals surface area (Å²) in [5.74, 6) is -0.00557. The molecule has 2 aliphatic heterocycles. The third-order valence-electron chi connectivity index (χ3n) is 7.36. The van der Waals surface area contributed by atoms with Gasteiger partial charge in [0.25, 0.3) is 0 Å². The molecule has 2 aromatic rings. The van der Waals surface area contributed by atoms with Crippen molar-refractivity contribution in [2.45, 2.75) is 69.9 Å². The predicted molar refractivity (Wildman–Crippen MR) is 134 cm³/mol. The minimum Gasteiger partial charge on any atom is -0.485 e. The summed E-state index contributed by atoms with van der Waals surface area (Å²) in [4.78, 5) is 37.0. The van der Waals surface area contributed by atoms with E-state index in [-0.39, 0.29) is 36.0 Å². The summed E-state index contributed by atoms with van der Waals surface area (Å²) in [7, 11) is 0. The average Bonchev–Trinajstić information content (AvgIpc) is 3.59. The number of hydrogen-bond acceptors (Lipinski definition) is 7. The van der Waals surface area contributed by atoms with Crippen LogP contribution in [0.3, 0.4) is 0 Å². The summed E-state index contributed by atoms with van der Waals surface area (Å²) in [5, 5.41) is 14.1. The van der Waals surface area contributed by atoms with Crippen molar-refractivity contribution < 1.29 is 19.4 Å². The van der Waals surface area contributed by atoms with Crippen molar-refractivity contribution >= 4 is 17.8 Å². The van der Waals surface area contributed by atoms with Crippen LogP contribution in [-0.4, -0.2) is 50.0 Å². The predicted octanol–water partition coefficient (Wildman–Crippen LogP) is 2.47. The molecule has 4 N–H and O–H groups in total. The Kier molecular flexibility index (Phi) is 5.78. The quantitative estimate of drug-likeness (QED) is 0.589. The minimum absolute atomic E-state index is 0.122. The Morgan fingerprint density at radius 1 is 1.22 bits per heavy atom. The zero-order valence-corrected chi connectivity index (χ0v) is 21.0. The van der Waals surface area contributed by atoms with Gasteiger partial charge < -0.3 is 20.9 Å². The number of aliphatic imine (C=N–C) groups is 1. The summed E-state index contributed by atoms with van der Waals surface area (Å²) in [6, 6.07) is 10.1. The number of amides is 2. The number of aromatic nitrogens is 1. The Bertz CT molecular complexity index is 1210. The highest BCUT2D eigenvalue weighted by Gasteiger charge is 2.54. The van der Waals surface area contributed by atoms with Crippen molar-refractivity contribution in [2.24, 2.45) is 22.6 Å². The van der Waals surface area contributed by atoms with Crippen LogP contribution in [0.4, 0.5) is 0 Å². The van der Waals surface area contributed by atoms with Crippen molar-refractivity contribution in [1.29, 1.82) is 0 Å². The van der Waals surface area contributed by atoms with Crippen LogP contribution in [0, 0.1) is 11.8 Å². The molecule has 1 aromatic heterocycles. The maximum atomic E-state index is 13.5. The molecule has 3 aliphatic rings. The Hall–Kier alpha value is -3.46. The minimum atomic E-state index is -0.934. The van der Waals surface area contributed by atoms with Crippen molar-refractivity contribution in [1.82, 2.24) is 15.2 Å². The largest absolute Gasteiger partial charge is 0.485 e. The molecule has 0 bridgehead atoms. The fourth-order valence-corrected chi connectivity index (χ4v) is 5.45. The number of pyridine rings is 1. The summed E-state index contributed by atoms with van der Waals surface area (Å²) >= 11 is 0. The molecule has 190 valence electrons. The number of guanidine groups is 1. The number of para-hydroxylation sites is 1. The smallest absolute Gasteiger partial charge is 0.232 e. The summed E-state index contributed by atoms with van der Waals surface area (Å²) in [6.45, 7) is 7.35. The van der Waals surface area contributed by atoms with Crippen molar-refractivity contribution in [3.05, 3.63) is 59.9 Å². The first-order valence-corrected chi connectivity index (χ1v) is 12.3. The zero-order chi connectivity index (χ0) is 25.8. The fraction of sp³-hybridized carbons (Fsp3) is 0.481. The van der Waals surface area contributed by atoms with Crippen LogP contribution in [0.2, 0.25) is 0 Å². The van der Waals surface area contributed by atoms with E-state index in [9.17, 15) is 14.7 Å². The van der Waals surface area contributed by atoms with Crippen LogP contribution in [-0.2, 0) is 9.59 Å². The molecular formula is C27H33N5O4. The van der Waals surface area contributed by atoms with Crippen LogP contribution in [0.1, 0.15) is 63.7 Å². The number of carbonyl (C=O) groups excluding carboxylic acids is 2. The SMILES string of the molecule is CC1(C)CC(=O)N([C@H](c2cccnc2)[C@@H]2C[C@H]2C(=O)N[C@@H]2c3ccccc3OC(C)(C)[C@H]2O)C(N)=N1. The lowest BCUT2D eigenvalue weighted by Crippen LogP contribution is -2.54. The molecule has 1 saturated carbocycles. The fourth-order valence-electron chi connectivity index (χ4n) is 5.45. The maximum absolute atomic E-state index is 13.5. The molecule has 1 aromatic carbocycles. The van der Waals surface area contributed by atoms with Crippen molar-refractivity contribution in [3.63, 3.8) is 0 Å². The zero-order valence-electron chi connectivity index (χ0n) is 21.0. The van der Waals surface area contributed by atoms with Crippen LogP contribution in [0.5, 0.6) is 5.75 Å². The highest BCUT2D eigenvalue weighted by atomic mass is 16.5. The van der Waals surface area contributed by atoms with Gasteiger partial charge in [0, 0.05) is 23.9 Å². The van der Waals surface area contributed by atoms with Gasteiger partial charge in [-0.2, -0.15) is 0 Å². The molecule has 9 nitrogen and oxygen atoms in total. The summed E-state index contributed by atoms with van der Waals surface area (Å²) in [5.41, 5.74) is 6.41. The topological polar surface area (TPSA) is 130 Å². The third-order valence-corrected chi connectivity index (χ3v) is 7.36. The Morgan fingerprint density at radius 3 is 2.67 bits per heavy atom. The highest BCUT2D eigenvalue weighted by Crippen LogP contribution is 2.51. The van der Waals surface area contributed by atoms with Gasteiger partial charge in [-0.25, -0.2) is 4.99 Å². The number of nitrogens with one attached hydrogen (secondary N) is 1. The average molecular weight is 492 g/mol. The molecule has 2 amide bonds. The molecule has 36 heavy (non-hydrogen) atoms. The van der Waals surface area contributed by atoms with Crippen LogP contribution in [0.15, 0.2) is 53.8 Å². The van der Waals surface area contributed by atoms with E-state index in [1.807, 2.05) is 50.2 Å². The van der Waals surface area contributed by atoms with E-state index in [0.717, 1.165) is 11.1 Å². The third kappa shape index (κ3) is 4.32. The van der Waals surface area contributed by atoms with Gasteiger partial charge in [-0.15, -0.1) is 0 Å². The summed E-state index contributed by atoms with van der Waals surface area (Å²) < 4.78 is 5.98. The molecule has 9 heteroatoms. The number of fused-ring (bicyclic) bond motifs is 1. The molecule has 5 rings (SSSR count). The number of carbonyl (C=O) groups is 2. The number of ether oxygens (including phenoxy) is 1. The Balaban J connectivity index is 1.41. The lowest BCUT2D eigenvalue weighted by Gasteiger charge is -2.42. The maximum Gasteiger partial charge on any atom is 0.232 e. The second-order valence-corrected chi connectivity index (χ2v) is 11.1. The van der Waals surface area contributed by atoms with Crippen molar-refractivity contribution in [3.8, 4) is 5.75 Å². The Morgan fingerprint density at radius 2 is 1.97 bits per heavy atom. The molecular weight excluding hydrogens is 458 g/mol. The molecule has 0 radical (unpaired) electrons. The molecule has 0 saturated heterocycles. The lowest BCUT2D eigenvalue weighted by molar-refractivity contribution is -0.132. The number of aliphatic hydroxyl groups is 1. The number of benzene rings is 1.